The van der Waals surface area contributed by atoms with E-state index < -0.39 is 0 Å². The van der Waals surface area contributed by atoms with Gasteiger partial charge in [-0.3, -0.25) is 4.98 Å². The fourth-order valence-electron chi connectivity index (χ4n) is 1.55. The molecule has 0 aliphatic carbocycles. The Morgan fingerprint density at radius 1 is 1.05 bits per heavy atom. The lowest BCUT2D eigenvalue weighted by atomic mass is 10.2. The first-order chi connectivity index (χ1) is 8.90. The van der Waals surface area contributed by atoms with Gasteiger partial charge < -0.3 is 4.57 Å². The van der Waals surface area contributed by atoms with Crippen LogP contribution in [0.15, 0.2) is 67.4 Å². The van der Waals surface area contributed by atoms with Crippen molar-refractivity contribution in [2.75, 3.05) is 0 Å². The van der Waals surface area contributed by atoms with Gasteiger partial charge in [-0.05, 0) is 19.1 Å². The Balaban J connectivity index is 0.000000185. The first-order valence-corrected chi connectivity index (χ1v) is 5.80. The molecule has 0 fully saturated rings. The average Bonchev–Trinajstić information content (AvgIpc) is 2.93. The van der Waals surface area contributed by atoms with E-state index in [4.69, 9.17) is 0 Å². The number of aromatic nitrogens is 3. The third-order valence-electron chi connectivity index (χ3n) is 2.36. The van der Waals surface area contributed by atoms with Gasteiger partial charge in [0, 0.05) is 30.2 Å². The Bertz CT molecular complexity index is 553. The number of allylic oxidation sites excluding steroid dienone is 1. The van der Waals surface area contributed by atoms with E-state index in [9.17, 15) is 0 Å². The highest BCUT2D eigenvalue weighted by Gasteiger charge is 1.86. The van der Waals surface area contributed by atoms with E-state index in [-0.39, 0.29) is 12.4 Å². The summed E-state index contributed by atoms with van der Waals surface area (Å²) in [5.41, 5.74) is 1.06. The molecule has 0 aliphatic heterocycles. The molecule has 0 saturated heterocycles. The first kappa shape index (κ1) is 14.9. The predicted octanol–water partition coefficient (Wildman–Crippen LogP) is 4.03. The molecule has 0 bridgehead atoms. The maximum absolute atomic E-state index is 4.18. The normalized spacial score (nSPS) is 9.74. The number of imidazole rings is 1. The predicted molar refractivity (Wildman–Crippen MR) is 82.2 cm³/mol. The number of pyridine rings is 1. The number of fused-ring (bicyclic) bond motifs is 1. The number of hydrogen-bond acceptors (Lipinski definition) is 2. The van der Waals surface area contributed by atoms with Crippen LogP contribution in [0.1, 0.15) is 6.92 Å². The molecule has 0 unspecified atom stereocenters. The summed E-state index contributed by atoms with van der Waals surface area (Å²) >= 11 is 0. The van der Waals surface area contributed by atoms with Crippen molar-refractivity contribution in [1.82, 2.24) is 14.5 Å². The smallest absolute Gasteiger partial charge is 0.0986 e. The zero-order chi connectivity index (χ0) is 12.6. The summed E-state index contributed by atoms with van der Waals surface area (Å²) in [7, 11) is 0. The van der Waals surface area contributed by atoms with Gasteiger partial charge in [-0.1, -0.05) is 30.3 Å². The Labute approximate surface area is 119 Å². The zero-order valence-corrected chi connectivity index (χ0v) is 11.5. The molecule has 2 heterocycles. The zero-order valence-electron chi connectivity index (χ0n) is 10.7. The van der Waals surface area contributed by atoms with Gasteiger partial charge in [0.2, 0.25) is 0 Å². The van der Waals surface area contributed by atoms with Crippen LogP contribution in [0.25, 0.3) is 17.1 Å². The van der Waals surface area contributed by atoms with Gasteiger partial charge in [0.05, 0.1) is 11.8 Å². The van der Waals surface area contributed by atoms with Gasteiger partial charge in [-0.15, -0.1) is 12.4 Å². The fraction of sp³-hybridized carbons (Fsp3) is 0.0667. The lowest BCUT2D eigenvalue weighted by Gasteiger charge is -1.91. The Morgan fingerprint density at radius 3 is 2.53 bits per heavy atom. The summed E-state index contributed by atoms with van der Waals surface area (Å²) in [5.74, 6) is 0. The van der Waals surface area contributed by atoms with E-state index >= 15 is 0 Å². The van der Waals surface area contributed by atoms with Crippen LogP contribution in [0.4, 0.5) is 0 Å². The largest absolute Gasteiger partial charge is 0.313 e. The number of hydrogen-bond donors (Lipinski definition) is 0. The second-order valence-electron chi connectivity index (χ2n) is 3.69. The molecule has 2 aromatic heterocycles. The number of benzene rings is 1. The molecule has 0 N–H and O–H groups in total. The minimum atomic E-state index is 0. The van der Waals surface area contributed by atoms with Crippen molar-refractivity contribution in [3.63, 3.8) is 0 Å². The minimum Gasteiger partial charge on any atom is -0.313 e. The molecular formula is C15H16ClN3. The molecule has 3 nitrogen and oxygen atoms in total. The van der Waals surface area contributed by atoms with Crippen LogP contribution in [0.2, 0.25) is 0 Å². The second-order valence-corrected chi connectivity index (χ2v) is 3.69. The molecule has 1 aromatic carbocycles. The van der Waals surface area contributed by atoms with E-state index in [1.807, 2.05) is 60.4 Å². The van der Waals surface area contributed by atoms with Crippen LogP contribution in [0.5, 0.6) is 0 Å². The average molecular weight is 274 g/mol. The quantitative estimate of drug-likeness (QED) is 0.670. The summed E-state index contributed by atoms with van der Waals surface area (Å²) in [6.45, 7) is 1.97. The fourth-order valence-corrected chi connectivity index (χ4v) is 1.55. The third-order valence-corrected chi connectivity index (χ3v) is 2.36. The van der Waals surface area contributed by atoms with Gasteiger partial charge >= 0.3 is 0 Å². The Hall–Kier alpha value is -2.13. The van der Waals surface area contributed by atoms with Crippen LogP contribution in [0.3, 0.4) is 0 Å². The van der Waals surface area contributed by atoms with Crippen molar-refractivity contribution in [3.05, 3.63) is 67.4 Å². The number of halogens is 1. The third kappa shape index (κ3) is 4.56. The van der Waals surface area contributed by atoms with Crippen molar-refractivity contribution in [2.45, 2.75) is 6.92 Å². The highest BCUT2D eigenvalue weighted by Crippen LogP contribution is 2.07. The van der Waals surface area contributed by atoms with Crippen LogP contribution in [0, 0.1) is 0 Å². The Morgan fingerprint density at radius 2 is 1.84 bits per heavy atom. The molecule has 0 atom stereocenters. The maximum atomic E-state index is 4.18. The van der Waals surface area contributed by atoms with Crippen LogP contribution in [-0.4, -0.2) is 14.5 Å². The van der Waals surface area contributed by atoms with E-state index in [1.165, 1.54) is 5.39 Å². The number of nitrogens with zero attached hydrogens (tertiary/aromatic N) is 3. The van der Waals surface area contributed by atoms with E-state index in [2.05, 4.69) is 22.1 Å². The summed E-state index contributed by atoms with van der Waals surface area (Å²) in [6, 6.07) is 12.1. The summed E-state index contributed by atoms with van der Waals surface area (Å²) in [5, 5.41) is 1.20. The molecule has 0 spiro atoms. The van der Waals surface area contributed by atoms with Crippen LogP contribution < -0.4 is 0 Å². The first-order valence-electron chi connectivity index (χ1n) is 5.80. The maximum Gasteiger partial charge on any atom is 0.0986 e. The van der Waals surface area contributed by atoms with Crippen molar-refractivity contribution in [2.24, 2.45) is 0 Å². The van der Waals surface area contributed by atoms with Gasteiger partial charge in [-0.2, -0.15) is 0 Å². The van der Waals surface area contributed by atoms with Crippen LogP contribution in [-0.2, 0) is 0 Å². The highest BCUT2D eigenvalue weighted by atomic mass is 35.5. The molecule has 98 valence electrons. The van der Waals surface area contributed by atoms with E-state index in [1.54, 1.807) is 12.5 Å². The lowest BCUT2D eigenvalue weighted by Crippen LogP contribution is -1.75. The Kier molecular flexibility index (Phi) is 6.33. The van der Waals surface area contributed by atoms with E-state index in [0.29, 0.717) is 0 Å². The molecule has 19 heavy (non-hydrogen) atoms. The molecular weight excluding hydrogens is 258 g/mol. The van der Waals surface area contributed by atoms with Crippen molar-refractivity contribution in [3.8, 4) is 0 Å². The molecule has 0 saturated carbocycles. The molecule has 3 rings (SSSR count). The van der Waals surface area contributed by atoms with Gasteiger partial charge in [0.25, 0.3) is 0 Å². The highest BCUT2D eigenvalue weighted by molar-refractivity contribution is 5.85. The molecule has 3 aromatic rings. The molecule has 0 radical (unpaired) electrons. The monoisotopic (exact) mass is 273 g/mol. The van der Waals surface area contributed by atoms with Crippen LogP contribution >= 0.6 is 12.4 Å². The van der Waals surface area contributed by atoms with Crippen molar-refractivity contribution in [1.29, 1.82) is 0 Å². The van der Waals surface area contributed by atoms with Crippen molar-refractivity contribution < 1.29 is 0 Å². The van der Waals surface area contributed by atoms with Gasteiger partial charge in [0.1, 0.15) is 0 Å². The van der Waals surface area contributed by atoms with E-state index in [0.717, 1.165) is 5.52 Å². The summed E-state index contributed by atoms with van der Waals surface area (Å²) < 4.78 is 1.89. The van der Waals surface area contributed by atoms with Crippen molar-refractivity contribution >= 4 is 29.5 Å². The number of para-hydroxylation sites is 1. The molecule has 0 aliphatic rings. The lowest BCUT2D eigenvalue weighted by molar-refractivity contribution is 1.13. The number of rotatable bonds is 1. The molecule has 4 heteroatoms. The summed E-state index contributed by atoms with van der Waals surface area (Å²) in [4.78, 5) is 8.03. The second kappa shape index (κ2) is 8.06. The van der Waals surface area contributed by atoms with Gasteiger partial charge in [-0.25, -0.2) is 4.98 Å². The standard InChI is InChI=1S/C9H7N.C6H8N2.ClH/c1-2-6-9-8(4-1)5-3-7-10-9;1-2-4-8-5-3-7-6-8;/h1-7H;2-6H,1H3;1H. The summed E-state index contributed by atoms with van der Waals surface area (Å²) in [6.07, 6.45) is 11.1. The van der Waals surface area contributed by atoms with Gasteiger partial charge in [0.15, 0.2) is 0 Å². The minimum absolute atomic E-state index is 0. The molecule has 0 amide bonds. The topological polar surface area (TPSA) is 30.7 Å². The SMILES string of the molecule is CC=Cn1ccnc1.Cl.c1ccc2ncccc2c1.